The van der Waals surface area contributed by atoms with Crippen LogP contribution >= 0.6 is 11.6 Å². The monoisotopic (exact) mass is 330 g/mol. The summed E-state index contributed by atoms with van der Waals surface area (Å²) in [6.07, 6.45) is 6.21. The number of hydrogen-bond acceptors (Lipinski definition) is 3. The maximum Gasteiger partial charge on any atom is 0.278 e. The second-order valence-corrected chi connectivity index (χ2v) is 6.86. The van der Waals surface area contributed by atoms with E-state index in [4.69, 9.17) is 11.6 Å². The maximum absolute atomic E-state index is 13.1. The summed E-state index contributed by atoms with van der Waals surface area (Å²) in [4.78, 5) is 15.0. The summed E-state index contributed by atoms with van der Waals surface area (Å²) in [5.41, 5.74) is 2.70. The van der Waals surface area contributed by atoms with Crippen molar-refractivity contribution in [1.82, 2.24) is 15.0 Å². The molecule has 0 atom stereocenters. The van der Waals surface area contributed by atoms with Crippen molar-refractivity contribution in [3.63, 3.8) is 0 Å². The van der Waals surface area contributed by atoms with E-state index in [0.29, 0.717) is 23.8 Å². The highest BCUT2D eigenvalue weighted by atomic mass is 35.5. The minimum Gasteiger partial charge on any atom is -0.304 e. The molecule has 120 valence electrons. The van der Waals surface area contributed by atoms with Crippen LogP contribution in [0.4, 0.5) is 5.69 Å². The van der Waals surface area contributed by atoms with Crippen LogP contribution in [0.5, 0.6) is 0 Å². The molecule has 2 heterocycles. The molecule has 1 fully saturated rings. The lowest BCUT2D eigenvalue weighted by molar-refractivity contribution is 0.0974. The number of fused-ring (bicyclic) bond motifs is 2. The van der Waals surface area contributed by atoms with E-state index in [9.17, 15) is 4.79 Å². The lowest BCUT2D eigenvalue weighted by Gasteiger charge is -2.24. The summed E-state index contributed by atoms with van der Waals surface area (Å²) in [7, 11) is 0. The quantitative estimate of drug-likeness (QED) is 0.847. The molecule has 0 unspecified atom stereocenters. The molecule has 2 aliphatic rings. The fourth-order valence-corrected chi connectivity index (χ4v) is 4.41. The number of aromatic nitrogens is 3. The van der Waals surface area contributed by atoms with Gasteiger partial charge in [0.2, 0.25) is 0 Å². The van der Waals surface area contributed by atoms with E-state index in [0.717, 1.165) is 18.5 Å². The van der Waals surface area contributed by atoms with Crippen LogP contribution in [0, 0.1) is 0 Å². The molecule has 1 aromatic carbocycles. The molecule has 0 saturated heterocycles. The van der Waals surface area contributed by atoms with Crippen LogP contribution < -0.4 is 4.90 Å². The summed E-state index contributed by atoms with van der Waals surface area (Å²) in [6.45, 7) is 3.28. The fraction of sp³-hybridized carbons (Fsp3) is 0.471. The summed E-state index contributed by atoms with van der Waals surface area (Å²) >= 11 is 6.47. The van der Waals surface area contributed by atoms with Crippen LogP contribution in [0.15, 0.2) is 24.4 Å². The van der Waals surface area contributed by atoms with E-state index in [1.54, 1.807) is 10.9 Å². The normalized spacial score (nSPS) is 18.6. The van der Waals surface area contributed by atoms with Gasteiger partial charge in [-0.05, 0) is 31.4 Å². The molecule has 6 heteroatoms. The summed E-state index contributed by atoms with van der Waals surface area (Å²) in [5.74, 6) is -0.0602. The molecule has 5 nitrogen and oxygen atoms in total. The topological polar surface area (TPSA) is 51.0 Å². The Morgan fingerprint density at radius 3 is 2.87 bits per heavy atom. The van der Waals surface area contributed by atoms with Crippen molar-refractivity contribution >= 4 is 23.2 Å². The first kappa shape index (κ1) is 14.7. The molecule has 1 saturated carbocycles. The molecule has 1 aliphatic carbocycles. The lowest BCUT2D eigenvalue weighted by Crippen LogP contribution is -2.36. The third kappa shape index (κ3) is 2.10. The molecule has 1 aliphatic heterocycles. The Morgan fingerprint density at radius 1 is 1.35 bits per heavy atom. The summed E-state index contributed by atoms with van der Waals surface area (Å²) in [5, 5.41) is 8.51. The van der Waals surface area contributed by atoms with Gasteiger partial charge in [-0.15, -0.1) is 5.10 Å². The van der Waals surface area contributed by atoms with E-state index in [2.05, 4.69) is 16.4 Å². The lowest BCUT2D eigenvalue weighted by atomic mass is 9.81. The molecule has 1 aromatic heterocycles. The van der Waals surface area contributed by atoms with Crippen molar-refractivity contribution in [2.45, 2.75) is 44.6 Å². The van der Waals surface area contributed by atoms with Gasteiger partial charge in [0.05, 0.1) is 16.9 Å². The van der Waals surface area contributed by atoms with Gasteiger partial charge in [0.1, 0.15) is 5.69 Å². The van der Waals surface area contributed by atoms with E-state index in [1.807, 2.05) is 24.0 Å². The second kappa shape index (κ2) is 5.34. The largest absolute Gasteiger partial charge is 0.304 e. The maximum atomic E-state index is 13.1. The van der Waals surface area contributed by atoms with Gasteiger partial charge in [0.25, 0.3) is 5.91 Å². The highest BCUT2D eigenvalue weighted by Gasteiger charge is 2.47. The van der Waals surface area contributed by atoms with E-state index in [-0.39, 0.29) is 11.3 Å². The number of aryl methyl sites for hydroxylation is 1. The molecule has 0 N–H and O–H groups in total. The highest BCUT2D eigenvalue weighted by molar-refractivity contribution is 6.34. The van der Waals surface area contributed by atoms with Crippen LogP contribution in [0.25, 0.3) is 0 Å². The van der Waals surface area contributed by atoms with Crippen LogP contribution in [0.2, 0.25) is 5.02 Å². The number of anilines is 1. The van der Waals surface area contributed by atoms with Gasteiger partial charge in [0.15, 0.2) is 0 Å². The molecule has 23 heavy (non-hydrogen) atoms. The number of benzene rings is 1. The third-order valence-electron chi connectivity index (χ3n) is 5.23. The van der Waals surface area contributed by atoms with E-state index < -0.39 is 0 Å². The Hall–Kier alpha value is -1.88. The number of carbonyl (C=O) groups is 1. The van der Waals surface area contributed by atoms with Gasteiger partial charge >= 0.3 is 0 Å². The Morgan fingerprint density at radius 2 is 2.13 bits per heavy atom. The van der Waals surface area contributed by atoms with Crippen LogP contribution in [-0.2, 0) is 12.0 Å². The summed E-state index contributed by atoms with van der Waals surface area (Å²) in [6, 6.07) is 5.99. The zero-order chi connectivity index (χ0) is 16.0. The Balaban J connectivity index is 1.81. The molecule has 1 spiro atoms. The smallest absolute Gasteiger partial charge is 0.278 e. The molecule has 1 amide bonds. The molecule has 4 rings (SSSR count). The number of nitrogens with zero attached hydrogens (tertiary/aromatic N) is 4. The number of rotatable bonds is 2. The number of halogens is 1. The first-order chi connectivity index (χ1) is 11.2. The Labute approximate surface area is 140 Å². The molecule has 0 radical (unpaired) electrons. The summed E-state index contributed by atoms with van der Waals surface area (Å²) < 4.78 is 1.64. The first-order valence-electron chi connectivity index (χ1n) is 8.16. The average Bonchev–Trinajstić information content (AvgIpc) is 3.28. The van der Waals surface area contributed by atoms with Gasteiger partial charge in [-0.1, -0.05) is 41.8 Å². The second-order valence-electron chi connectivity index (χ2n) is 6.45. The standard InChI is InChI=1S/C17H19ClN4O/c1-2-22-14(10-19-20-22)16(23)21-11-17(8-3-4-9-17)12-6-5-7-13(18)15(12)21/h5-7,10H,2-4,8-9,11H2,1H3. The van der Waals surface area contributed by atoms with Crippen molar-refractivity contribution in [3.8, 4) is 0 Å². The zero-order valence-corrected chi connectivity index (χ0v) is 13.9. The van der Waals surface area contributed by atoms with Crippen molar-refractivity contribution in [1.29, 1.82) is 0 Å². The number of amides is 1. The van der Waals surface area contributed by atoms with Crippen molar-refractivity contribution in [2.24, 2.45) is 0 Å². The molecular weight excluding hydrogens is 312 g/mol. The van der Waals surface area contributed by atoms with E-state index >= 15 is 0 Å². The van der Waals surface area contributed by atoms with Crippen molar-refractivity contribution in [3.05, 3.63) is 40.7 Å². The minimum atomic E-state index is -0.0602. The minimum absolute atomic E-state index is 0.0602. The average molecular weight is 331 g/mol. The zero-order valence-electron chi connectivity index (χ0n) is 13.1. The molecule has 0 bridgehead atoms. The number of para-hydroxylation sites is 1. The number of hydrogen-bond donors (Lipinski definition) is 0. The van der Waals surface area contributed by atoms with Gasteiger partial charge in [-0.3, -0.25) is 4.79 Å². The van der Waals surface area contributed by atoms with Gasteiger partial charge < -0.3 is 4.90 Å². The first-order valence-corrected chi connectivity index (χ1v) is 8.53. The Kier molecular flexibility index (Phi) is 3.41. The van der Waals surface area contributed by atoms with Gasteiger partial charge in [-0.2, -0.15) is 0 Å². The Bertz CT molecular complexity index is 764. The SMILES string of the molecule is CCn1nncc1C(=O)N1CC2(CCCC2)c2cccc(Cl)c21. The van der Waals surface area contributed by atoms with Crippen LogP contribution in [-0.4, -0.2) is 27.4 Å². The van der Waals surface area contributed by atoms with E-state index in [1.165, 1.54) is 18.4 Å². The third-order valence-corrected chi connectivity index (χ3v) is 5.54. The van der Waals surface area contributed by atoms with Crippen molar-refractivity contribution in [2.75, 3.05) is 11.4 Å². The van der Waals surface area contributed by atoms with Gasteiger partial charge in [-0.25, -0.2) is 4.68 Å². The van der Waals surface area contributed by atoms with Crippen molar-refractivity contribution < 1.29 is 4.79 Å². The van der Waals surface area contributed by atoms with Gasteiger partial charge in [0, 0.05) is 18.5 Å². The van der Waals surface area contributed by atoms with Crippen LogP contribution in [0.3, 0.4) is 0 Å². The fourth-order valence-electron chi connectivity index (χ4n) is 4.13. The predicted molar refractivity (Wildman–Crippen MR) is 89.0 cm³/mol. The number of carbonyl (C=O) groups excluding carboxylic acids is 1. The molecule has 2 aromatic rings. The molecular formula is C17H19ClN4O. The highest BCUT2D eigenvalue weighted by Crippen LogP contribution is 2.52. The van der Waals surface area contributed by atoms with Crippen LogP contribution in [0.1, 0.15) is 48.7 Å². The predicted octanol–water partition coefficient (Wildman–Crippen LogP) is 3.42.